The number of hydrogen-bond donors (Lipinski definition) is 0. The van der Waals surface area contributed by atoms with Crippen LogP contribution in [0.5, 0.6) is 0 Å². The number of hydrogen-bond acceptors (Lipinski definition) is 2. The van der Waals surface area contributed by atoms with E-state index in [4.69, 9.17) is 4.98 Å². The molecule has 0 aliphatic carbocycles. The van der Waals surface area contributed by atoms with Crippen molar-refractivity contribution >= 4 is 34.2 Å². The van der Waals surface area contributed by atoms with E-state index in [1.54, 1.807) is 0 Å². The fraction of sp³-hybridized carbons (Fsp3) is 0.0370. The molecule has 0 spiro atoms. The zero-order valence-electron chi connectivity index (χ0n) is 16.6. The predicted octanol–water partition coefficient (Wildman–Crippen LogP) is 5.12. The highest BCUT2D eigenvalue weighted by Crippen LogP contribution is 2.57. The molecule has 0 saturated heterocycles. The molecule has 0 fully saturated rings. The van der Waals surface area contributed by atoms with Gasteiger partial charge in [-0.3, -0.25) is 0 Å². The number of nitrogens with zero attached hydrogens (tertiary/aromatic N) is 2. The zero-order valence-corrected chi connectivity index (χ0v) is 17.5. The first-order valence-electron chi connectivity index (χ1n) is 10.1. The molecule has 0 aliphatic heterocycles. The normalized spacial score (nSPS) is 11.5. The van der Waals surface area contributed by atoms with Gasteiger partial charge in [0.1, 0.15) is 29.3 Å². The lowest BCUT2D eigenvalue weighted by atomic mass is 10.3. The molecule has 0 atom stereocenters. The lowest BCUT2D eigenvalue weighted by Gasteiger charge is -2.27. The van der Waals surface area contributed by atoms with E-state index in [2.05, 4.69) is 114 Å². The Kier molecular flexibility index (Phi) is 5.09. The number of rotatable bonds is 5. The van der Waals surface area contributed by atoms with E-state index in [1.165, 1.54) is 15.9 Å². The van der Waals surface area contributed by atoms with Gasteiger partial charge < -0.3 is 0 Å². The molecule has 2 aromatic heterocycles. The molecule has 5 rings (SSSR count). The van der Waals surface area contributed by atoms with E-state index in [1.807, 2.05) is 12.3 Å². The van der Waals surface area contributed by atoms with Crippen LogP contribution in [0.2, 0.25) is 0 Å². The summed E-state index contributed by atoms with van der Waals surface area (Å²) in [4.78, 5) is 9.44. The minimum atomic E-state index is -1.94. The molecule has 0 bridgehead atoms. The van der Waals surface area contributed by atoms with E-state index in [0.29, 0.717) is 0 Å². The van der Waals surface area contributed by atoms with Gasteiger partial charge in [-0.05, 0) is 60.7 Å². The molecule has 2 nitrogen and oxygen atoms in total. The molecule has 0 saturated carbocycles. The third-order valence-electron chi connectivity index (χ3n) is 5.51. The van der Waals surface area contributed by atoms with E-state index in [0.717, 1.165) is 22.9 Å². The van der Waals surface area contributed by atoms with Crippen molar-refractivity contribution in [1.82, 2.24) is 9.97 Å². The second-order valence-corrected chi connectivity index (χ2v) is 10.8. The number of aromatic nitrogens is 2. The molecule has 144 valence electrons. The van der Waals surface area contributed by atoms with Crippen LogP contribution in [0.4, 0.5) is 0 Å². The molecule has 0 radical (unpaired) electrons. The molecule has 30 heavy (non-hydrogen) atoms. The second kappa shape index (κ2) is 8.18. The van der Waals surface area contributed by atoms with Gasteiger partial charge >= 0.3 is 0 Å². The highest BCUT2D eigenvalue weighted by molar-refractivity contribution is 7.95. The van der Waals surface area contributed by atoms with Crippen molar-refractivity contribution in [2.45, 2.75) is 6.16 Å². The molecule has 0 aliphatic rings. The quantitative estimate of drug-likeness (QED) is 0.379. The summed E-state index contributed by atoms with van der Waals surface area (Å²) in [5.41, 5.74) is 1.88. The molecule has 5 aromatic rings. The van der Waals surface area contributed by atoms with Gasteiger partial charge in [-0.2, -0.15) is 0 Å². The Hall–Kier alpha value is -3.35. The van der Waals surface area contributed by atoms with Gasteiger partial charge in [-0.1, -0.05) is 54.6 Å². The largest absolute Gasteiger partial charge is 0.237 e. The van der Waals surface area contributed by atoms with Crippen LogP contribution in [-0.2, 0) is 6.16 Å². The smallest absolute Gasteiger partial charge is 0.159 e. The highest BCUT2D eigenvalue weighted by atomic mass is 31.2. The minimum absolute atomic E-state index is 0.808. The summed E-state index contributed by atoms with van der Waals surface area (Å²) < 4.78 is 0. The molecule has 0 amide bonds. The van der Waals surface area contributed by atoms with Crippen molar-refractivity contribution in [2.75, 3.05) is 0 Å². The van der Waals surface area contributed by atoms with Crippen molar-refractivity contribution in [1.29, 1.82) is 0 Å². The monoisotopic (exact) mass is 405 g/mol. The van der Waals surface area contributed by atoms with Crippen molar-refractivity contribution in [3.05, 3.63) is 127 Å². The third kappa shape index (κ3) is 3.40. The Balaban J connectivity index is 1.76. The van der Waals surface area contributed by atoms with Gasteiger partial charge in [-0.15, -0.1) is 0 Å². The highest BCUT2D eigenvalue weighted by Gasteiger charge is 2.45. The van der Waals surface area contributed by atoms with Crippen molar-refractivity contribution < 1.29 is 0 Å². The van der Waals surface area contributed by atoms with Crippen LogP contribution in [0.15, 0.2) is 121 Å². The average molecular weight is 405 g/mol. The Labute approximate surface area is 177 Å². The summed E-state index contributed by atoms with van der Waals surface area (Å²) >= 11 is 0. The van der Waals surface area contributed by atoms with E-state index in [-0.39, 0.29) is 0 Å². The van der Waals surface area contributed by atoms with Gasteiger partial charge in [0.25, 0.3) is 0 Å². The van der Waals surface area contributed by atoms with Crippen molar-refractivity contribution in [2.24, 2.45) is 0 Å². The lowest BCUT2D eigenvalue weighted by Crippen LogP contribution is -2.32. The van der Waals surface area contributed by atoms with Crippen molar-refractivity contribution in [3.63, 3.8) is 0 Å². The maximum absolute atomic E-state index is 4.95. The third-order valence-corrected chi connectivity index (χ3v) is 9.85. The number of fused-ring (bicyclic) bond motifs is 1. The first-order valence-corrected chi connectivity index (χ1v) is 12.1. The maximum atomic E-state index is 4.95. The Bertz CT molecular complexity index is 1160. The molecular formula is C27H22N2P+. The van der Waals surface area contributed by atoms with Crippen molar-refractivity contribution in [3.8, 4) is 0 Å². The zero-order chi connectivity index (χ0) is 20.2. The summed E-state index contributed by atoms with van der Waals surface area (Å²) in [5, 5.41) is 5.17. The lowest BCUT2D eigenvalue weighted by molar-refractivity contribution is 1.17. The van der Waals surface area contributed by atoms with Crippen LogP contribution in [0.1, 0.15) is 5.69 Å². The summed E-state index contributed by atoms with van der Waals surface area (Å²) in [7, 11) is -1.94. The summed E-state index contributed by atoms with van der Waals surface area (Å²) in [6.07, 6.45) is 2.67. The molecular weight excluding hydrogens is 383 g/mol. The minimum Gasteiger partial charge on any atom is -0.237 e. The predicted molar refractivity (Wildman–Crippen MR) is 128 cm³/mol. The van der Waals surface area contributed by atoms with Gasteiger partial charge in [-0.25, -0.2) is 9.97 Å². The van der Waals surface area contributed by atoms with Crippen LogP contribution in [0.25, 0.3) is 11.0 Å². The van der Waals surface area contributed by atoms with Crippen LogP contribution in [-0.4, -0.2) is 9.97 Å². The van der Waals surface area contributed by atoms with E-state index >= 15 is 0 Å². The Morgan fingerprint density at radius 1 is 0.533 bits per heavy atom. The van der Waals surface area contributed by atoms with Gasteiger partial charge in [0.2, 0.25) is 0 Å². The van der Waals surface area contributed by atoms with Gasteiger partial charge in [0.05, 0.1) is 5.69 Å². The first-order chi connectivity index (χ1) is 14.9. The molecule has 0 unspecified atom stereocenters. The molecule has 0 N–H and O–H groups in total. The topological polar surface area (TPSA) is 25.8 Å². The van der Waals surface area contributed by atoms with Gasteiger partial charge in [0.15, 0.2) is 5.65 Å². The molecule has 3 heteroatoms. The first kappa shape index (κ1) is 18.7. The second-order valence-electron chi connectivity index (χ2n) is 7.33. The van der Waals surface area contributed by atoms with Crippen LogP contribution >= 0.6 is 7.26 Å². The fourth-order valence-electron chi connectivity index (χ4n) is 4.09. The average Bonchev–Trinajstić information content (AvgIpc) is 2.84. The summed E-state index contributed by atoms with van der Waals surface area (Å²) in [5.74, 6) is 0. The van der Waals surface area contributed by atoms with Crippen LogP contribution in [0, 0.1) is 0 Å². The number of benzene rings is 3. The van der Waals surface area contributed by atoms with Gasteiger partial charge in [0, 0.05) is 11.6 Å². The SMILES string of the molecule is c1ccc([P+](Cc2ccc3cccnc3n2)(c2ccccc2)c2ccccc2)cc1. The molecule has 3 aromatic carbocycles. The standard InChI is InChI=1S/C27H22N2P/c1-4-12-24(13-5-1)30(25-14-6-2-7-15-25,26-16-8-3-9-17-26)21-23-19-18-22-11-10-20-28-27(22)29-23/h1-20H,21H2/q+1. The Morgan fingerprint density at radius 3 is 1.60 bits per heavy atom. The van der Waals surface area contributed by atoms with Crippen LogP contribution < -0.4 is 15.9 Å². The molecule has 2 heterocycles. The van der Waals surface area contributed by atoms with Crippen LogP contribution in [0.3, 0.4) is 0 Å². The number of pyridine rings is 2. The summed E-state index contributed by atoms with van der Waals surface area (Å²) in [6.45, 7) is 0. The van der Waals surface area contributed by atoms with E-state index in [9.17, 15) is 0 Å². The Morgan fingerprint density at radius 2 is 1.07 bits per heavy atom. The maximum Gasteiger partial charge on any atom is 0.159 e. The van der Waals surface area contributed by atoms with E-state index < -0.39 is 7.26 Å². The fourth-order valence-corrected chi connectivity index (χ4v) is 8.24. The summed E-state index contributed by atoms with van der Waals surface area (Å²) in [6, 6.07) is 41.1.